The quantitative estimate of drug-likeness (QED) is 0.778. The summed E-state index contributed by atoms with van der Waals surface area (Å²) in [5, 5.41) is 4.94. The zero-order valence-corrected chi connectivity index (χ0v) is 11.1. The van der Waals surface area contributed by atoms with E-state index in [4.69, 9.17) is 14.6 Å². The molecule has 106 valence electrons. The van der Waals surface area contributed by atoms with E-state index in [-0.39, 0.29) is 23.3 Å². The van der Waals surface area contributed by atoms with Crippen LogP contribution in [0.1, 0.15) is 29.8 Å². The van der Waals surface area contributed by atoms with Crippen LogP contribution < -0.4 is 5.14 Å². The number of hydrogen-bond donors (Lipinski definition) is 2. The van der Waals surface area contributed by atoms with Crippen LogP contribution in [0.3, 0.4) is 0 Å². The molecule has 1 atom stereocenters. The summed E-state index contributed by atoms with van der Waals surface area (Å²) in [7, 11) is -3.81. The Bertz CT molecular complexity index is 545. The summed E-state index contributed by atoms with van der Waals surface area (Å²) >= 11 is 0. The Morgan fingerprint density at radius 2 is 2.32 bits per heavy atom. The fraction of sp³-hybridized carbons (Fsp3) is 0.545. The molecule has 0 saturated carbocycles. The summed E-state index contributed by atoms with van der Waals surface area (Å²) in [6.07, 6.45) is 4.02. The Kier molecular flexibility index (Phi) is 4.23. The molecule has 2 heterocycles. The van der Waals surface area contributed by atoms with Gasteiger partial charge in [0.1, 0.15) is 17.2 Å². The number of H-pyrrole nitrogens is 1. The minimum Gasteiger partial charge on any atom is -0.458 e. The SMILES string of the molecule is NS(=O)(=O)c1c[nH]c(C(=O)OCC2CCCCO2)c1. The number of carbonyl (C=O) groups is 1. The van der Waals surface area contributed by atoms with E-state index < -0.39 is 16.0 Å². The number of aromatic nitrogens is 1. The Morgan fingerprint density at radius 3 is 2.89 bits per heavy atom. The molecule has 3 N–H and O–H groups in total. The molecule has 1 aromatic rings. The molecule has 19 heavy (non-hydrogen) atoms. The van der Waals surface area contributed by atoms with Gasteiger partial charge in [-0.1, -0.05) is 0 Å². The Morgan fingerprint density at radius 1 is 1.53 bits per heavy atom. The van der Waals surface area contributed by atoms with Crippen molar-refractivity contribution < 1.29 is 22.7 Å². The van der Waals surface area contributed by atoms with Gasteiger partial charge in [-0.05, 0) is 25.3 Å². The van der Waals surface area contributed by atoms with Crippen molar-refractivity contribution in [1.29, 1.82) is 0 Å². The molecule has 0 spiro atoms. The second kappa shape index (κ2) is 5.72. The highest BCUT2D eigenvalue weighted by atomic mass is 32.2. The normalized spacial score (nSPS) is 20.2. The molecule has 1 fully saturated rings. The van der Waals surface area contributed by atoms with Gasteiger partial charge in [0.15, 0.2) is 0 Å². The van der Waals surface area contributed by atoms with Crippen LogP contribution in [-0.4, -0.2) is 38.7 Å². The van der Waals surface area contributed by atoms with Crippen molar-refractivity contribution in [3.05, 3.63) is 18.0 Å². The van der Waals surface area contributed by atoms with Gasteiger partial charge in [0.05, 0.1) is 6.10 Å². The van der Waals surface area contributed by atoms with Gasteiger partial charge in [0.25, 0.3) is 0 Å². The third kappa shape index (κ3) is 3.79. The standard InChI is InChI=1S/C11H16N2O5S/c12-19(15,16)9-5-10(13-6-9)11(14)18-7-8-3-1-2-4-17-8/h5-6,8,13H,1-4,7H2,(H2,12,15,16). The lowest BCUT2D eigenvalue weighted by Crippen LogP contribution is -2.26. The van der Waals surface area contributed by atoms with Crippen LogP contribution in [0, 0.1) is 0 Å². The number of nitrogens with one attached hydrogen (secondary N) is 1. The van der Waals surface area contributed by atoms with E-state index in [0.29, 0.717) is 6.61 Å². The summed E-state index contributed by atoms with van der Waals surface area (Å²) in [6, 6.07) is 1.15. The van der Waals surface area contributed by atoms with Gasteiger partial charge in [-0.25, -0.2) is 18.4 Å². The van der Waals surface area contributed by atoms with Crippen LogP contribution in [-0.2, 0) is 19.5 Å². The number of esters is 1. The monoisotopic (exact) mass is 288 g/mol. The van der Waals surface area contributed by atoms with Gasteiger partial charge in [0.2, 0.25) is 10.0 Å². The average molecular weight is 288 g/mol. The minimum atomic E-state index is -3.81. The molecular weight excluding hydrogens is 272 g/mol. The number of ether oxygens (including phenoxy) is 2. The number of carbonyl (C=O) groups excluding carboxylic acids is 1. The minimum absolute atomic E-state index is 0.0554. The molecule has 1 aliphatic heterocycles. The molecule has 8 heteroatoms. The van der Waals surface area contributed by atoms with E-state index in [1.165, 1.54) is 0 Å². The molecule has 0 radical (unpaired) electrons. The molecule has 1 unspecified atom stereocenters. The number of nitrogens with two attached hydrogens (primary N) is 1. The predicted octanol–water partition coefficient (Wildman–Crippen LogP) is 0.388. The van der Waals surface area contributed by atoms with Gasteiger partial charge in [0, 0.05) is 12.8 Å². The lowest BCUT2D eigenvalue weighted by molar-refractivity contribution is -0.0302. The molecule has 7 nitrogen and oxygen atoms in total. The molecule has 0 amide bonds. The van der Waals surface area contributed by atoms with Crippen LogP contribution in [0.25, 0.3) is 0 Å². The van der Waals surface area contributed by atoms with Crippen molar-refractivity contribution in [1.82, 2.24) is 4.98 Å². The van der Waals surface area contributed by atoms with Gasteiger partial charge >= 0.3 is 5.97 Å². The van der Waals surface area contributed by atoms with Crippen molar-refractivity contribution in [3.63, 3.8) is 0 Å². The second-order valence-electron chi connectivity index (χ2n) is 4.38. The van der Waals surface area contributed by atoms with Crippen molar-refractivity contribution in [2.75, 3.05) is 13.2 Å². The van der Waals surface area contributed by atoms with Gasteiger partial charge < -0.3 is 14.5 Å². The summed E-state index contributed by atoms with van der Waals surface area (Å²) < 4.78 is 32.6. The zero-order chi connectivity index (χ0) is 13.9. The van der Waals surface area contributed by atoms with E-state index in [1.807, 2.05) is 0 Å². The Labute approximate surface area is 111 Å². The molecule has 0 aromatic carbocycles. The second-order valence-corrected chi connectivity index (χ2v) is 5.94. The van der Waals surface area contributed by atoms with E-state index in [9.17, 15) is 13.2 Å². The van der Waals surface area contributed by atoms with Crippen molar-refractivity contribution >= 4 is 16.0 Å². The lowest BCUT2D eigenvalue weighted by Gasteiger charge is -2.21. The Hall–Kier alpha value is -1.38. The van der Waals surface area contributed by atoms with Crippen molar-refractivity contribution in [3.8, 4) is 0 Å². The average Bonchev–Trinajstić information content (AvgIpc) is 2.87. The van der Waals surface area contributed by atoms with Crippen LogP contribution in [0.4, 0.5) is 0 Å². The first-order chi connectivity index (χ1) is 8.97. The number of sulfonamides is 1. The third-order valence-electron chi connectivity index (χ3n) is 2.88. The topological polar surface area (TPSA) is 111 Å². The molecule has 1 aliphatic rings. The van der Waals surface area contributed by atoms with Crippen LogP contribution >= 0.6 is 0 Å². The van der Waals surface area contributed by atoms with Crippen molar-refractivity contribution in [2.45, 2.75) is 30.3 Å². The van der Waals surface area contributed by atoms with Crippen LogP contribution in [0.15, 0.2) is 17.2 Å². The summed E-state index contributed by atoms with van der Waals surface area (Å²) in [6.45, 7) is 0.850. The van der Waals surface area contributed by atoms with Crippen LogP contribution in [0.5, 0.6) is 0 Å². The van der Waals surface area contributed by atoms with Crippen LogP contribution in [0.2, 0.25) is 0 Å². The first-order valence-corrected chi connectivity index (χ1v) is 7.51. The first-order valence-electron chi connectivity index (χ1n) is 5.97. The summed E-state index contributed by atoms with van der Waals surface area (Å²) in [5.41, 5.74) is 0.0554. The maximum atomic E-state index is 11.7. The molecule has 0 bridgehead atoms. The molecule has 1 aromatic heterocycles. The maximum Gasteiger partial charge on any atom is 0.354 e. The summed E-state index contributed by atoms with van der Waals surface area (Å²) in [5.74, 6) is -0.621. The highest BCUT2D eigenvalue weighted by Crippen LogP contribution is 2.14. The highest BCUT2D eigenvalue weighted by molar-refractivity contribution is 7.89. The summed E-state index contributed by atoms with van der Waals surface area (Å²) in [4.78, 5) is 14.1. The van der Waals surface area contributed by atoms with E-state index >= 15 is 0 Å². The fourth-order valence-electron chi connectivity index (χ4n) is 1.84. The van der Waals surface area contributed by atoms with E-state index in [1.54, 1.807) is 0 Å². The fourth-order valence-corrected chi connectivity index (χ4v) is 2.35. The van der Waals surface area contributed by atoms with Crippen molar-refractivity contribution in [2.24, 2.45) is 5.14 Å². The predicted molar refractivity (Wildman–Crippen MR) is 66.0 cm³/mol. The maximum absolute atomic E-state index is 11.7. The number of hydrogen-bond acceptors (Lipinski definition) is 5. The third-order valence-corrected chi connectivity index (χ3v) is 3.77. The van der Waals surface area contributed by atoms with Gasteiger partial charge in [-0.2, -0.15) is 0 Å². The lowest BCUT2D eigenvalue weighted by atomic mass is 10.1. The van der Waals surface area contributed by atoms with E-state index in [0.717, 1.165) is 31.5 Å². The van der Waals surface area contributed by atoms with Gasteiger partial charge in [-0.3, -0.25) is 0 Å². The number of aromatic amines is 1. The Balaban J connectivity index is 1.91. The highest BCUT2D eigenvalue weighted by Gasteiger charge is 2.19. The van der Waals surface area contributed by atoms with Gasteiger partial charge in [-0.15, -0.1) is 0 Å². The molecular formula is C11H16N2O5S. The zero-order valence-electron chi connectivity index (χ0n) is 10.3. The number of rotatable bonds is 4. The number of primary sulfonamides is 1. The smallest absolute Gasteiger partial charge is 0.354 e. The molecule has 1 saturated heterocycles. The molecule has 2 rings (SSSR count). The van der Waals surface area contributed by atoms with E-state index in [2.05, 4.69) is 4.98 Å². The largest absolute Gasteiger partial charge is 0.458 e. The molecule has 0 aliphatic carbocycles. The first kappa shape index (κ1) is 14.0.